The predicted molar refractivity (Wildman–Crippen MR) is 49.1 cm³/mol. The second-order valence-corrected chi connectivity index (χ2v) is 2.97. The van der Waals surface area contributed by atoms with Gasteiger partial charge in [0.25, 0.3) is 0 Å². The number of carbonyl (C=O) groups is 2. The van der Waals surface area contributed by atoms with Crippen molar-refractivity contribution in [3.8, 4) is 0 Å². The number of amides is 1. The summed E-state index contributed by atoms with van der Waals surface area (Å²) in [5.74, 6) is -0.394. The van der Waals surface area contributed by atoms with Gasteiger partial charge in [0, 0.05) is 13.0 Å². The third-order valence-electron chi connectivity index (χ3n) is 1.69. The zero-order chi connectivity index (χ0) is 10.3. The number of nitrogens with one attached hydrogen (secondary N) is 1. The van der Waals surface area contributed by atoms with Gasteiger partial charge in [0.2, 0.25) is 5.91 Å². The van der Waals surface area contributed by atoms with Crippen LogP contribution in [0.3, 0.4) is 0 Å². The van der Waals surface area contributed by atoms with Crippen LogP contribution in [0.15, 0.2) is 0 Å². The summed E-state index contributed by atoms with van der Waals surface area (Å²) >= 11 is 0. The lowest BCUT2D eigenvalue weighted by atomic mass is 10.1. The second kappa shape index (κ2) is 6.46. The number of rotatable bonds is 5. The molecule has 76 valence electrons. The number of esters is 1. The Balaban J connectivity index is 3.93. The molecule has 0 heterocycles. The van der Waals surface area contributed by atoms with Gasteiger partial charge in [-0.1, -0.05) is 13.3 Å². The van der Waals surface area contributed by atoms with Crippen LogP contribution in [-0.2, 0) is 14.3 Å². The molecule has 4 heteroatoms. The molecule has 0 aromatic rings. The van der Waals surface area contributed by atoms with Crippen molar-refractivity contribution in [1.82, 2.24) is 5.32 Å². The molecule has 0 saturated carbocycles. The molecule has 4 nitrogen and oxygen atoms in total. The first-order valence-corrected chi connectivity index (χ1v) is 4.44. The van der Waals surface area contributed by atoms with Crippen molar-refractivity contribution in [2.75, 3.05) is 7.11 Å². The summed E-state index contributed by atoms with van der Waals surface area (Å²) in [6.07, 6.45) is 1.99. The molecule has 1 atom stereocenters. The van der Waals surface area contributed by atoms with E-state index in [0.717, 1.165) is 12.8 Å². The summed E-state index contributed by atoms with van der Waals surface area (Å²) in [7, 11) is 1.35. The third-order valence-corrected chi connectivity index (χ3v) is 1.69. The molecule has 0 aliphatic carbocycles. The highest BCUT2D eigenvalue weighted by Crippen LogP contribution is 2.02. The van der Waals surface area contributed by atoms with Gasteiger partial charge in [-0.2, -0.15) is 0 Å². The second-order valence-electron chi connectivity index (χ2n) is 2.97. The van der Waals surface area contributed by atoms with Crippen molar-refractivity contribution < 1.29 is 14.3 Å². The first-order chi connectivity index (χ1) is 6.10. The first kappa shape index (κ1) is 11.9. The number of hydrogen-bond acceptors (Lipinski definition) is 3. The molecule has 0 bridgehead atoms. The van der Waals surface area contributed by atoms with E-state index in [1.54, 1.807) is 0 Å². The van der Waals surface area contributed by atoms with Crippen molar-refractivity contribution in [2.24, 2.45) is 0 Å². The monoisotopic (exact) mass is 187 g/mol. The number of hydrogen-bond donors (Lipinski definition) is 1. The Hall–Kier alpha value is -1.06. The van der Waals surface area contributed by atoms with Gasteiger partial charge < -0.3 is 10.1 Å². The van der Waals surface area contributed by atoms with E-state index in [0.29, 0.717) is 0 Å². The highest BCUT2D eigenvalue weighted by atomic mass is 16.5. The van der Waals surface area contributed by atoms with Crippen LogP contribution in [0.1, 0.15) is 33.1 Å². The van der Waals surface area contributed by atoms with Crippen molar-refractivity contribution in [2.45, 2.75) is 39.2 Å². The minimum atomic E-state index is -0.285. The van der Waals surface area contributed by atoms with Gasteiger partial charge >= 0.3 is 5.97 Å². The van der Waals surface area contributed by atoms with E-state index in [1.807, 2.05) is 6.92 Å². The van der Waals surface area contributed by atoms with Gasteiger partial charge in [-0.3, -0.25) is 9.59 Å². The molecule has 0 spiro atoms. The number of ether oxygens (including phenoxy) is 1. The van der Waals surface area contributed by atoms with Crippen LogP contribution in [0.2, 0.25) is 0 Å². The maximum Gasteiger partial charge on any atom is 0.307 e. The standard InChI is InChI=1S/C9H17NO3/c1-4-5-8(10-7(2)11)6-9(12)13-3/h8H,4-6H2,1-3H3,(H,10,11). The average molecular weight is 187 g/mol. The van der Waals surface area contributed by atoms with E-state index in [2.05, 4.69) is 10.1 Å². The van der Waals surface area contributed by atoms with Gasteiger partial charge in [-0.25, -0.2) is 0 Å². The third kappa shape index (κ3) is 6.13. The Kier molecular flexibility index (Phi) is 5.93. The minimum absolute atomic E-state index is 0.0880. The Labute approximate surface area is 78.6 Å². The van der Waals surface area contributed by atoms with E-state index >= 15 is 0 Å². The lowest BCUT2D eigenvalue weighted by Gasteiger charge is -2.15. The molecule has 0 aliphatic rings. The number of methoxy groups -OCH3 is 1. The topological polar surface area (TPSA) is 55.4 Å². The fraction of sp³-hybridized carbons (Fsp3) is 0.778. The molecular formula is C9H17NO3. The zero-order valence-corrected chi connectivity index (χ0v) is 8.42. The van der Waals surface area contributed by atoms with E-state index < -0.39 is 0 Å². The molecular weight excluding hydrogens is 170 g/mol. The maximum atomic E-state index is 10.9. The van der Waals surface area contributed by atoms with Gasteiger partial charge in [0.1, 0.15) is 0 Å². The molecule has 0 rings (SSSR count). The molecule has 1 unspecified atom stereocenters. The molecule has 0 aromatic heterocycles. The summed E-state index contributed by atoms with van der Waals surface area (Å²) in [6.45, 7) is 3.45. The van der Waals surface area contributed by atoms with Crippen LogP contribution >= 0.6 is 0 Å². The summed E-state index contributed by atoms with van der Waals surface area (Å²) in [5.41, 5.74) is 0. The van der Waals surface area contributed by atoms with E-state index in [1.165, 1.54) is 14.0 Å². The maximum absolute atomic E-state index is 10.9. The Morgan fingerprint density at radius 1 is 1.46 bits per heavy atom. The lowest BCUT2D eigenvalue weighted by Crippen LogP contribution is -2.35. The highest BCUT2D eigenvalue weighted by Gasteiger charge is 2.13. The van der Waals surface area contributed by atoms with E-state index in [4.69, 9.17) is 0 Å². The predicted octanol–water partition coefficient (Wildman–Crippen LogP) is 0.854. The van der Waals surface area contributed by atoms with Crippen molar-refractivity contribution in [3.05, 3.63) is 0 Å². The molecule has 1 N–H and O–H groups in total. The SMILES string of the molecule is CCCC(CC(=O)OC)NC(C)=O. The molecule has 1 amide bonds. The fourth-order valence-electron chi connectivity index (χ4n) is 1.15. The van der Waals surface area contributed by atoms with Crippen LogP contribution in [0.4, 0.5) is 0 Å². The number of carbonyl (C=O) groups excluding carboxylic acids is 2. The van der Waals surface area contributed by atoms with E-state index in [-0.39, 0.29) is 24.3 Å². The van der Waals surface area contributed by atoms with Crippen LogP contribution in [0.5, 0.6) is 0 Å². The van der Waals surface area contributed by atoms with Crippen LogP contribution in [0.25, 0.3) is 0 Å². The van der Waals surface area contributed by atoms with Crippen molar-refractivity contribution in [3.63, 3.8) is 0 Å². The van der Waals surface area contributed by atoms with Crippen molar-refractivity contribution >= 4 is 11.9 Å². The fourth-order valence-corrected chi connectivity index (χ4v) is 1.15. The van der Waals surface area contributed by atoms with Gasteiger partial charge in [0.05, 0.1) is 13.5 Å². The Morgan fingerprint density at radius 3 is 2.46 bits per heavy atom. The molecule has 0 aliphatic heterocycles. The molecule has 0 aromatic carbocycles. The van der Waals surface area contributed by atoms with Gasteiger partial charge in [-0.15, -0.1) is 0 Å². The Morgan fingerprint density at radius 2 is 2.08 bits per heavy atom. The quantitative estimate of drug-likeness (QED) is 0.649. The molecule has 0 radical (unpaired) electrons. The summed E-state index contributed by atoms with van der Waals surface area (Å²) < 4.78 is 4.52. The average Bonchev–Trinajstić information content (AvgIpc) is 2.03. The molecule has 0 fully saturated rings. The summed E-state index contributed by atoms with van der Waals surface area (Å²) in [6, 6.07) is -0.0880. The largest absolute Gasteiger partial charge is 0.469 e. The summed E-state index contributed by atoms with van der Waals surface area (Å²) in [4.78, 5) is 21.6. The normalized spacial score (nSPS) is 11.9. The van der Waals surface area contributed by atoms with Gasteiger partial charge in [-0.05, 0) is 6.42 Å². The zero-order valence-electron chi connectivity index (χ0n) is 8.42. The van der Waals surface area contributed by atoms with Crippen LogP contribution < -0.4 is 5.32 Å². The van der Waals surface area contributed by atoms with Crippen LogP contribution in [0, 0.1) is 0 Å². The minimum Gasteiger partial charge on any atom is -0.469 e. The van der Waals surface area contributed by atoms with Crippen molar-refractivity contribution in [1.29, 1.82) is 0 Å². The highest BCUT2D eigenvalue weighted by molar-refractivity contribution is 5.75. The Bertz CT molecular complexity index is 180. The molecule has 13 heavy (non-hydrogen) atoms. The summed E-state index contributed by atoms with van der Waals surface area (Å²) in [5, 5.41) is 2.71. The smallest absolute Gasteiger partial charge is 0.307 e. The molecule has 0 saturated heterocycles. The lowest BCUT2D eigenvalue weighted by molar-refractivity contribution is -0.141. The van der Waals surface area contributed by atoms with E-state index in [9.17, 15) is 9.59 Å². The first-order valence-electron chi connectivity index (χ1n) is 4.44. The van der Waals surface area contributed by atoms with Gasteiger partial charge in [0.15, 0.2) is 0 Å². The van der Waals surface area contributed by atoms with Crippen LogP contribution in [-0.4, -0.2) is 25.0 Å².